The first-order chi connectivity index (χ1) is 13.7. The summed E-state index contributed by atoms with van der Waals surface area (Å²) >= 11 is 2.02. The molecule has 1 amide bonds. The predicted octanol–water partition coefficient (Wildman–Crippen LogP) is 2.09. The molecule has 0 aliphatic rings. The summed E-state index contributed by atoms with van der Waals surface area (Å²) in [5, 5.41) is 15.8. The van der Waals surface area contributed by atoms with E-state index < -0.39 is 20.9 Å². The number of nitrogens with two attached hydrogens (primary N) is 1. The van der Waals surface area contributed by atoms with Crippen LogP contribution in [-0.4, -0.2) is 23.8 Å². The van der Waals surface area contributed by atoms with Gasteiger partial charge in [-0.2, -0.15) is 4.99 Å². The van der Waals surface area contributed by atoms with Gasteiger partial charge < -0.3 is 4.57 Å². The van der Waals surface area contributed by atoms with Crippen molar-refractivity contribution in [2.45, 2.75) is 11.4 Å². The lowest BCUT2D eigenvalue weighted by molar-refractivity contribution is -0.380. The van der Waals surface area contributed by atoms with Gasteiger partial charge in [0.2, 0.25) is 10.0 Å². The topological polar surface area (TPSA) is 138 Å². The third-order valence-corrected chi connectivity index (χ3v) is 6.58. The highest BCUT2D eigenvalue weighted by Crippen LogP contribution is 2.25. The minimum absolute atomic E-state index is 0.0314. The van der Waals surface area contributed by atoms with E-state index in [2.05, 4.69) is 10.9 Å². The standard InChI is InChI=1S/C17H12N4O5S3/c1-2-9-20-13-6-5-12(29(18,25)26)10-14(13)28-17(20)19-15(22)7-3-11-4-8-16(27-11)21(23)24/h1,3-8,10H,9H2,(H2,18,25,26). The molecule has 0 aliphatic carbocycles. The first-order valence-corrected chi connectivity index (χ1v) is 11.0. The maximum atomic E-state index is 12.2. The summed E-state index contributed by atoms with van der Waals surface area (Å²) in [5.41, 5.74) is 0.616. The lowest BCUT2D eigenvalue weighted by atomic mass is 10.3. The summed E-state index contributed by atoms with van der Waals surface area (Å²) in [7, 11) is -3.88. The fraction of sp³-hybridized carbons (Fsp3) is 0.0588. The molecule has 148 valence electrons. The molecule has 0 unspecified atom stereocenters. The molecule has 0 saturated carbocycles. The lowest BCUT2D eigenvalue weighted by Gasteiger charge is -2.01. The van der Waals surface area contributed by atoms with E-state index >= 15 is 0 Å². The number of fused-ring (bicyclic) bond motifs is 1. The molecular weight excluding hydrogens is 436 g/mol. The maximum Gasteiger partial charge on any atom is 0.324 e. The van der Waals surface area contributed by atoms with Gasteiger partial charge >= 0.3 is 5.00 Å². The molecule has 0 spiro atoms. The smallest absolute Gasteiger partial charge is 0.305 e. The summed E-state index contributed by atoms with van der Waals surface area (Å²) in [6, 6.07) is 7.17. The second kappa shape index (κ2) is 8.10. The number of rotatable bonds is 5. The van der Waals surface area contributed by atoms with E-state index in [1.807, 2.05) is 0 Å². The number of aromatic nitrogens is 1. The molecular formula is C17H12N4O5S3. The second-order valence-electron chi connectivity index (χ2n) is 5.57. The fourth-order valence-corrected chi connectivity index (χ4v) is 4.79. The number of nitro groups is 1. The number of thiophene rings is 1. The minimum atomic E-state index is -3.88. The van der Waals surface area contributed by atoms with E-state index in [4.69, 9.17) is 11.6 Å². The van der Waals surface area contributed by atoms with Crippen molar-refractivity contribution in [1.82, 2.24) is 4.57 Å². The van der Waals surface area contributed by atoms with Crippen LogP contribution in [0.3, 0.4) is 0 Å². The van der Waals surface area contributed by atoms with Gasteiger partial charge in [-0.3, -0.25) is 14.9 Å². The third-order valence-electron chi connectivity index (χ3n) is 3.62. The molecule has 1 aromatic carbocycles. The number of amides is 1. The highest BCUT2D eigenvalue weighted by atomic mass is 32.2. The van der Waals surface area contributed by atoms with Crippen LogP contribution >= 0.6 is 22.7 Å². The molecule has 0 atom stereocenters. The summed E-state index contributed by atoms with van der Waals surface area (Å²) in [5.74, 6) is 1.87. The van der Waals surface area contributed by atoms with Gasteiger partial charge in [-0.05, 0) is 30.3 Å². The first kappa shape index (κ1) is 20.6. The van der Waals surface area contributed by atoms with Gasteiger partial charge in [0.15, 0.2) is 4.80 Å². The van der Waals surface area contributed by atoms with Crippen molar-refractivity contribution in [2.75, 3.05) is 0 Å². The Balaban J connectivity index is 2.00. The van der Waals surface area contributed by atoms with E-state index in [0.717, 1.165) is 22.7 Å². The molecule has 3 aromatic rings. The second-order valence-corrected chi connectivity index (χ2v) is 9.23. The van der Waals surface area contributed by atoms with Crippen LogP contribution in [0.15, 0.2) is 46.3 Å². The van der Waals surface area contributed by atoms with Gasteiger partial charge in [0.25, 0.3) is 5.91 Å². The van der Waals surface area contributed by atoms with E-state index in [1.54, 1.807) is 10.6 Å². The molecule has 2 aromatic heterocycles. The third kappa shape index (κ3) is 4.66. The van der Waals surface area contributed by atoms with Crippen LogP contribution in [0, 0.1) is 22.5 Å². The molecule has 0 bridgehead atoms. The first-order valence-electron chi connectivity index (χ1n) is 7.79. The van der Waals surface area contributed by atoms with Crippen LogP contribution in [-0.2, 0) is 21.4 Å². The van der Waals surface area contributed by atoms with Gasteiger partial charge in [0.1, 0.15) is 0 Å². The maximum absolute atomic E-state index is 12.2. The highest BCUT2D eigenvalue weighted by Gasteiger charge is 2.13. The van der Waals surface area contributed by atoms with Crippen molar-refractivity contribution >= 4 is 59.9 Å². The average molecular weight is 449 g/mol. The Morgan fingerprint density at radius 1 is 1.34 bits per heavy atom. The van der Waals surface area contributed by atoms with Crippen molar-refractivity contribution in [3.05, 3.63) is 56.2 Å². The molecule has 0 fully saturated rings. The number of hydrogen-bond donors (Lipinski definition) is 1. The summed E-state index contributed by atoms with van der Waals surface area (Å²) in [6.07, 6.45) is 8.02. The number of carbonyl (C=O) groups excluding carboxylic acids is 1. The van der Waals surface area contributed by atoms with E-state index in [-0.39, 0.29) is 21.2 Å². The van der Waals surface area contributed by atoms with Crippen LogP contribution in [0.1, 0.15) is 4.88 Å². The van der Waals surface area contributed by atoms with Gasteiger partial charge in [0.05, 0.1) is 26.6 Å². The Morgan fingerprint density at radius 3 is 2.72 bits per heavy atom. The van der Waals surface area contributed by atoms with Crippen molar-refractivity contribution in [3.63, 3.8) is 0 Å². The van der Waals surface area contributed by atoms with Gasteiger partial charge in [-0.25, -0.2) is 13.6 Å². The number of thiazole rings is 1. The Bertz CT molecular complexity index is 1370. The monoisotopic (exact) mass is 448 g/mol. The molecule has 9 nitrogen and oxygen atoms in total. The zero-order chi connectivity index (χ0) is 21.2. The summed E-state index contributed by atoms with van der Waals surface area (Å²) in [6.45, 7) is 0.127. The number of carbonyl (C=O) groups is 1. The van der Waals surface area contributed by atoms with E-state index in [0.29, 0.717) is 15.1 Å². The lowest BCUT2D eigenvalue weighted by Crippen LogP contribution is -2.16. The number of terminal acetylenes is 1. The van der Waals surface area contributed by atoms with Gasteiger partial charge in [0, 0.05) is 17.0 Å². The van der Waals surface area contributed by atoms with Crippen molar-refractivity contribution in [2.24, 2.45) is 10.1 Å². The summed E-state index contributed by atoms with van der Waals surface area (Å²) in [4.78, 5) is 27.2. The molecule has 0 aliphatic heterocycles. The van der Waals surface area contributed by atoms with E-state index in [9.17, 15) is 23.3 Å². The number of nitrogens with zero attached hydrogens (tertiary/aromatic N) is 3. The number of sulfonamides is 1. The molecule has 12 heteroatoms. The zero-order valence-corrected chi connectivity index (χ0v) is 17.0. The number of hydrogen-bond acceptors (Lipinski definition) is 7. The molecule has 2 heterocycles. The molecule has 0 radical (unpaired) electrons. The molecule has 3 rings (SSSR count). The molecule has 0 saturated heterocycles. The predicted molar refractivity (Wildman–Crippen MR) is 111 cm³/mol. The Morgan fingerprint density at radius 2 is 2.10 bits per heavy atom. The Labute approximate surface area is 172 Å². The Kier molecular flexibility index (Phi) is 5.76. The van der Waals surface area contributed by atoms with Crippen molar-refractivity contribution in [3.8, 4) is 12.3 Å². The van der Waals surface area contributed by atoms with Crippen LogP contribution in [0.5, 0.6) is 0 Å². The van der Waals surface area contributed by atoms with Crippen LogP contribution in [0.25, 0.3) is 16.3 Å². The van der Waals surface area contributed by atoms with Gasteiger partial charge in [-0.1, -0.05) is 28.6 Å². The van der Waals surface area contributed by atoms with Gasteiger partial charge in [-0.15, -0.1) is 6.42 Å². The Hall–Kier alpha value is -3.11. The van der Waals surface area contributed by atoms with Crippen molar-refractivity contribution in [1.29, 1.82) is 0 Å². The SMILES string of the molecule is C#CCn1c(=NC(=O)C=Cc2ccc([N+](=O)[O-])s2)sc2cc(S(N)(=O)=O)ccc21. The quantitative estimate of drug-likeness (QED) is 0.276. The molecule has 29 heavy (non-hydrogen) atoms. The van der Waals surface area contributed by atoms with Crippen molar-refractivity contribution < 1.29 is 18.1 Å². The van der Waals surface area contributed by atoms with Crippen LogP contribution in [0.2, 0.25) is 0 Å². The van der Waals surface area contributed by atoms with E-state index in [1.165, 1.54) is 36.4 Å². The normalized spacial score (nSPS) is 12.5. The van der Waals surface area contributed by atoms with Crippen LogP contribution in [0.4, 0.5) is 5.00 Å². The zero-order valence-electron chi connectivity index (χ0n) is 14.5. The average Bonchev–Trinajstić information content (AvgIpc) is 3.24. The molecule has 2 N–H and O–H groups in total. The largest absolute Gasteiger partial charge is 0.324 e. The fourth-order valence-electron chi connectivity index (χ4n) is 2.37. The number of benzene rings is 1. The number of primary sulfonamides is 1. The minimum Gasteiger partial charge on any atom is -0.305 e. The summed E-state index contributed by atoms with van der Waals surface area (Å²) < 4.78 is 25.3. The highest BCUT2D eigenvalue weighted by molar-refractivity contribution is 7.89. The van der Waals surface area contributed by atoms with Crippen LogP contribution < -0.4 is 9.94 Å².